The number of nitrogens with zero attached hydrogens (tertiary/aromatic N) is 2. The van der Waals surface area contributed by atoms with Gasteiger partial charge in [0.15, 0.2) is 0 Å². The van der Waals surface area contributed by atoms with E-state index in [2.05, 4.69) is 10.5 Å². The van der Waals surface area contributed by atoms with E-state index in [1.165, 1.54) is 6.42 Å². The standard InChI is InChI=1S/C11H20N4O/c1-15-5-4-9(14-15)7-10(13-12)8-11-3-2-6-16-11/h4-5,10-11,13H,2-3,6-8,12H2,1H3. The van der Waals surface area contributed by atoms with Gasteiger partial charge in [0.05, 0.1) is 11.8 Å². The van der Waals surface area contributed by atoms with Crippen molar-refractivity contribution < 1.29 is 4.74 Å². The van der Waals surface area contributed by atoms with E-state index < -0.39 is 0 Å². The number of hydrogen-bond acceptors (Lipinski definition) is 4. The Morgan fingerprint density at radius 2 is 2.62 bits per heavy atom. The number of nitrogens with one attached hydrogen (secondary N) is 1. The second-order valence-electron chi connectivity index (χ2n) is 4.42. The van der Waals surface area contributed by atoms with Crippen LogP contribution in [0.5, 0.6) is 0 Å². The molecular weight excluding hydrogens is 204 g/mol. The van der Waals surface area contributed by atoms with E-state index in [4.69, 9.17) is 10.6 Å². The van der Waals surface area contributed by atoms with Crippen molar-refractivity contribution in [2.24, 2.45) is 12.9 Å². The molecule has 0 bridgehead atoms. The minimum Gasteiger partial charge on any atom is -0.378 e. The van der Waals surface area contributed by atoms with E-state index in [9.17, 15) is 0 Å². The summed E-state index contributed by atoms with van der Waals surface area (Å²) >= 11 is 0. The molecule has 0 saturated carbocycles. The molecule has 16 heavy (non-hydrogen) atoms. The Morgan fingerprint density at radius 1 is 1.75 bits per heavy atom. The molecule has 3 N–H and O–H groups in total. The van der Waals surface area contributed by atoms with Crippen LogP contribution in [0.3, 0.4) is 0 Å². The molecule has 5 nitrogen and oxygen atoms in total. The van der Waals surface area contributed by atoms with Gasteiger partial charge in [0.2, 0.25) is 0 Å². The third kappa shape index (κ3) is 3.04. The molecular formula is C11H20N4O. The fraction of sp³-hybridized carbons (Fsp3) is 0.727. The molecule has 1 aromatic heterocycles. The summed E-state index contributed by atoms with van der Waals surface area (Å²) in [6, 6.07) is 2.28. The molecule has 0 aromatic carbocycles. The lowest BCUT2D eigenvalue weighted by Crippen LogP contribution is -2.39. The van der Waals surface area contributed by atoms with E-state index in [1.807, 2.05) is 24.0 Å². The highest BCUT2D eigenvalue weighted by atomic mass is 16.5. The SMILES string of the molecule is Cn1ccc(CC(CC2CCCO2)NN)n1. The summed E-state index contributed by atoms with van der Waals surface area (Å²) in [5, 5.41) is 4.35. The summed E-state index contributed by atoms with van der Waals surface area (Å²) in [6.07, 6.45) is 6.47. The van der Waals surface area contributed by atoms with Crippen molar-refractivity contribution in [1.82, 2.24) is 15.2 Å². The summed E-state index contributed by atoms with van der Waals surface area (Å²) in [4.78, 5) is 0. The van der Waals surface area contributed by atoms with Crippen LogP contribution in [0.15, 0.2) is 12.3 Å². The van der Waals surface area contributed by atoms with Crippen LogP contribution in [0.25, 0.3) is 0 Å². The molecule has 1 saturated heterocycles. The first-order valence-electron chi connectivity index (χ1n) is 5.84. The van der Waals surface area contributed by atoms with Gasteiger partial charge in [-0.25, -0.2) is 0 Å². The second kappa shape index (κ2) is 5.43. The lowest BCUT2D eigenvalue weighted by molar-refractivity contribution is 0.0945. The number of aromatic nitrogens is 2. The number of rotatable bonds is 5. The van der Waals surface area contributed by atoms with Gasteiger partial charge in [-0.3, -0.25) is 16.0 Å². The summed E-state index contributed by atoms with van der Waals surface area (Å²) in [5.41, 5.74) is 3.93. The number of aryl methyl sites for hydroxylation is 1. The number of hydrazine groups is 1. The smallest absolute Gasteiger partial charge is 0.0640 e. The maximum atomic E-state index is 5.61. The van der Waals surface area contributed by atoms with Gasteiger partial charge in [0, 0.05) is 32.3 Å². The highest BCUT2D eigenvalue weighted by molar-refractivity contribution is 5.01. The molecule has 5 heteroatoms. The summed E-state index contributed by atoms with van der Waals surface area (Å²) in [7, 11) is 1.93. The van der Waals surface area contributed by atoms with Crippen molar-refractivity contribution in [3.8, 4) is 0 Å². The summed E-state index contributed by atoms with van der Waals surface area (Å²) < 4.78 is 7.42. The van der Waals surface area contributed by atoms with Crippen LogP contribution >= 0.6 is 0 Å². The van der Waals surface area contributed by atoms with Gasteiger partial charge in [-0.15, -0.1) is 0 Å². The lowest BCUT2D eigenvalue weighted by atomic mass is 10.0. The molecule has 2 rings (SSSR count). The molecule has 2 heterocycles. The third-order valence-electron chi connectivity index (χ3n) is 3.03. The third-order valence-corrected chi connectivity index (χ3v) is 3.03. The van der Waals surface area contributed by atoms with E-state index in [1.54, 1.807) is 0 Å². The van der Waals surface area contributed by atoms with E-state index in [0.29, 0.717) is 6.10 Å². The average Bonchev–Trinajstić information content (AvgIpc) is 2.89. The highest BCUT2D eigenvalue weighted by Gasteiger charge is 2.20. The molecule has 1 aromatic rings. The molecule has 0 aliphatic carbocycles. The van der Waals surface area contributed by atoms with Crippen LogP contribution in [-0.4, -0.2) is 28.5 Å². The first kappa shape index (κ1) is 11.6. The molecule has 1 aliphatic heterocycles. The van der Waals surface area contributed by atoms with Gasteiger partial charge in [-0.1, -0.05) is 0 Å². The zero-order chi connectivity index (χ0) is 11.4. The number of nitrogens with two attached hydrogens (primary N) is 1. The van der Waals surface area contributed by atoms with E-state index in [-0.39, 0.29) is 6.04 Å². The predicted molar refractivity (Wildman–Crippen MR) is 61.6 cm³/mol. The Kier molecular flexibility index (Phi) is 3.93. The monoisotopic (exact) mass is 224 g/mol. The van der Waals surface area contributed by atoms with Crippen molar-refractivity contribution in [3.63, 3.8) is 0 Å². The predicted octanol–water partition coefficient (Wildman–Crippen LogP) is 0.364. The van der Waals surface area contributed by atoms with Crippen LogP contribution < -0.4 is 11.3 Å². The van der Waals surface area contributed by atoms with Crippen LogP contribution in [0.2, 0.25) is 0 Å². The number of hydrogen-bond donors (Lipinski definition) is 2. The van der Waals surface area contributed by atoms with Crippen LogP contribution in [0, 0.1) is 0 Å². The van der Waals surface area contributed by atoms with Gasteiger partial charge >= 0.3 is 0 Å². The van der Waals surface area contributed by atoms with Crippen molar-refractivity contribution in [3.05, 3.63) is 18.0 Å². The molecule has 0 spiro atoms. The van der Waals surface area contributed by atoms with Crippen LogP contribution in [-0.2, 0) is 18.2 Å². The normalized spacial score (nSPS) is 22.5. The van der Waals surface area contributed by atoms with Gasteiger partial charge in [0.25, 0.3) is 0 Å². The Hall–Kier alpha value is -0.910. The van der Waals surface area contributed by atoms with E-state index in [0.717, 1.165) is 31.6 Å². The Labute approximate surface area is 95.9 Å². The lowest BCUT2D eigenvalue weighted by Gasteiger charge is -2.18. The van der Waals surface area contributed by atoms with Gasteiger partial charge in [-0.2, -0.15) is 5.10 Å². The summed E-state index contributed by atoms with van der Waals surface area (Å²) in [5.74, 6) is 5.57. The maximum Gasteiger partial charge on any atom is 0.0640 e. The van der Waals surface area contributed by atoms with E-state index >= 15 is 0 Å². The summed E-state index contributed by atoms with van der Waals surface area (Å²) in [6.45, 7) is 0.894. The topological polar surface area (TPSA) is 65.1 Å². The Morgan fingerprint density at radius 3 is 3.19 bits per heavy atom. The fourth-order valence-electron chi connectivity index (χ4n) is 2.18. The van der Waals surface area contributed by atoms with Crippen molar-refractivity contribution in [1.29, 1.82) is 0 Å². The minimum atomic E-state index is 0.248. The Bertz CT molecular complexity index is 320. The largest absolute Gasteiger partial charge is 0.378 e. The van der Waals surface area contributed by atoms with Crippen molar-refractivity contribution in [2.45, 2.75) is 37.8 Å². The highest BCUT2D eigenvalue weighted by Crippen LogP contribution is 2.18. The quantitative estimate of drug-likeness (QED) is 0.560. The van der Waals surface area contributed by atoms with Crippen molar-refractivity contribution >= 4 is 0 Å². The molecule has 2 unspecified atom stereocenters. The number of ether oxygens (including phenoxy) is 1. The minimum absolute atomic E-state index is 0.248. The molecule has 2 atom stereocenters. The zero-order valence-electron chi connectivity index (χ0n) is 9.72. The first-order valence-corrected chi connectivity index (χ1v) is 5.84. The van der Waals surface area contributed by atoms with Crippen LogP contribution in [0.1, 0.15) is 25.0 Å². The molecule has 90 valence electrons. The first-order chi connectivity index (χ1) is 7.78. The van der Waals surface area contributed by atoms with Crippen LogP contribution in [0.4, 0.5) is 0 Å². The average molecular weight is 224 g/mol. The van der Waals surface area contributed by atoms with Gasteiger partial charge in [0.1, 0.15) is 0 Å². The van der Waals surface area contributed by atoms with Crippen molar-refractivity contribution in [2.75, 3.05) is 6.61 Å². The second-order valence-corrected chi connectivity index (χ2v) is 4.42. The molecule has 0 radical (unpaired) electrons. The fourth-order valence-corrected chi connectivity index (χ4v) is 2.18. The van der Waals surface area contributed by atoms with Gasteiger partial charge < -0.3 is 4.74 Å². The molecule has 1 fully saturated rings. The van der Waals surface area contributed by atoms with Gasteiger partial charge in [-0.05, 0) is 25.3 Å². The molecule has 0 amide bonds. The Balaban J connectivity index is 1.84. The zero-order valence-corrected chi connectivity index (χ0v) is 9.72. The molecule has 1 aliphatic rings. The maximum absolute atomic E-state index is 5.61.